The highest BCUT2D eigenvalue weighted by atomic mass is 35.5. The molecule has 2 aromatic rings. The van der Waals surface area contributed by atoms with E-state index in [1.54, 1.807) is 14.2 Å². The largest absolute Gasteiger partial charge is 0.493 e. The molecule has 1 N–H and O–H groups in total. The number of hydrogen-bond acceptors (Lipinski definition) is 4. The van der Waals surface area contributed by atoms with Crippen LogP contribution in [0.4, 0.5) is 0 Å². The predicted octanol–water partition coefficient (Wildman–Crippen LogP) is 4.30. The Morgan fingerprint density at radius 2 is 1.92 bits per heavy atom. The third-order valence-corrected chi connectivity index (χ3v) is 4.81. The van der Waals surface area contributed by atoms with Crippen LogP contribution in [-0.2, 0) is 6.42 Å². The number of aryl methyl sites for hydroxylation is 1. The normalized spacial score (nSPS) is 16.3. The molecule has 0 aliphatic carbocycles. The monoisotopic (exact) mass is 361 g/mol. The first kappa shape index (κ1) is 17.9. The minimum atomic E-state index is 0.00232. The van der Waals surface area contributed by atoms with Crippen molar-refractivity contribution in [1.82, 2.24) is 5.32 Å². The highest BCUT2D eigenvalue weighted by Crippen LogP contribution is 2.43. The first-order valence-electron chi connectivity index (χ1n) is 8.50. The van der Waals surface area contributed by atoms with Crippen LogP contribution < -0.4 is 19.5 Å². The van der Waals surface area contributed by atoms with Gasteiger partial charge in [-0.2, -0.15) is 0 Å². The van der Waals surface area contributed by atoms with E-state index in [0.29, 0.717) is 11.6 Å². The van der Waals surface area contributed by atoms with E-state index in [9.17, 15) is 0 Å². The summed E-state index contributed by atoms with van der Waals surface area (Å²) in [6.45, 7) is 5.48. The number of rotatable bonds is 5. The van der Waals surface area contributed by atoms with Crippen molar-refractivity contribution in [3.05, 3.63) is 51.5 Å². The Balaban J connectivity index is 2.16. The summed E-state index contributed by atoms with van der Waals surface area (Å²) >= 11 is 6.35. The zero-order valence-electron chi connectivity index (χ0n) is 15.1. The highest BCUT2D eigenvalue weighted by molar-refractivity contribution is 6.30. The number of nitrogens with one attached hydrogen (secondary N) is 1. The molecule has 1 heterocycles. The van der Waals surface area contributed by atoms with Gasteiger partial charge in [-0.1, -0.05) is 17.7 Å². The Morgan fingerprint density at radius 3 is 2.60 bits per heavy atom. The van der Waals surface area contributed by atoms with Crippen LogP contribution in [0.1, 0.15) is 35.2 Å². The number of benzene rings is 2. The standard InChI is InChI=1S/C20H24ClNO3/c1-5-25-19-12(2)10-13(21)11-16(19)18-14-6-7-17(23-3)20(24-4)15(14)8-9-22-18/h6-7,10-11,18,22H,5,8-9H2,1-4H3. The molecule has 0 aromatic heterocycles. The molecule has 0 spiro atoms. The topological polar surface area (TPSA) is 39.7 Å². The van der Waals surface area contributed by atoms with Gasteiger partial charge in [0.2, 0.25) is 0 Å². The van der Waals surface area contributed by atoms with E-state index in [1.807, 2.05) is 32.0 Å². The molecule has 0 radical (unpaired) electrons. The molecule has 0 fully saturated rings. The smallest absolute Gasteiger partial charge is 0.164 e. The van der Waals surface area contributed by atoms with E-state index in [2.05, 4.69) is 11.4 Å². The van der Waals surface area contributed by atoms with E-state index in [0.717, 1.165) is 41.3 Å². The summed E-state index contributed by atoms with van der Waals surface area (Å²) in [6, 6.07) is 7.98. The van der Waals surface area contributed by atoms with Gasteiger partial charge in [0, 0.05) is 22.7 Å². The third-order valence-electron chi connectivity index (χ3n) is 4.59. The van der Waals surface area contributed by atoms with Gasteiger partial charge in [-0.05, 0) is 49.6 Å². The maximum atomic E-state index is 6.35. The maximum absolute atomic E-state index is 6.35. The van der Waals surface area contributed by atoms with Crippen LogP contribution in [0.2, 0.25) is 5.02 Å². The molecule has 0 saturated carbocycles. The quantitative estimate of drug-likeness (QED) is 0.861. The van der Waals surface area contributed by atoms with Crippen LogP contribution in [0, 0.1) is 6.92 Å². The van der Waals surface area contributed by atoms with E-state index in [4.69, 9.17) is 25.8 Å². The molecule has 134 valence electrons. The summed E-state index contributed by atoms with van der Waals surface area (Å²) in [4.78, 5) is 0. The fraction of sp³-hybridized carbons (Fsp3) is 0.400. The molecular weight excluding hydrogens is 338 g/mol. The summed E-state index contributed by atoms with van der Waals surface area (Å²) in [7, 11) is 3.35. The van der Waals surface area contributed by atoms with E-state index in [-0.39, 0.29) is 6.04 Å². The van der Waals surface area contributed by atoms with Crippen molar-refractivity contribution in [1.29, 1.82) is 0 Å². The number of halogens is 1. The summed E-state index contributed by atoms with van der Waals surface area (Å²) in [5.74, 6) is 2.46. The van der Waals surface area contributed by atoms with E-state index < -0.39 is 0 Å². The molecule has 25 heavy (non-hydrogen) atoms. The summed E-state index contributed by atoms with van der Waals surface area (Å²) < 4.78 is 17.0. The Labute approximate surface area is 154 Å². The van der Waals surface area contributed by atoms with Crippen molar-refractivity contribution in [2.45, 2.75) is 26.3 Å². The summed E-state index contributed by atoms with van der Waals surface area (Å²) in [5.41, 5.74) is 4.44. The van der Waals surface area contributed by atoms with Crippen LogP contribution in [0.5, 0.6) is 17.2 Å². The average Bonchev–Trinajstić information content (AvgIpc) is 2.62. The van der Waals surface area contributed by atoms with Crippen LogP contribution in [0.15, 0.2) is 24.3 Å². The molecule has 3 rings (SSSR count). The van der Waals surface area contributed by atoms with Crippen LogP contribution in [0.25, 0.3) is 0 Å². The highest BCUT2D eigenvalue weighted by Gasteiger charge is 2.28. The van der Waals surface area contributed by atoms with Crippen molar-refractivity contribution < 1.29 is 14.2 Å². The van der Waals surface area contributed by atoms with Gasteiger partial charge in [-0.25, -0.2) is 0 Å². The molecule has 4 nitrogen and oxygen atoms in total. The molecular formula is C20H24ClNO3. The molecule has 5 heteroatoms. The second kappa shape index (κ2) is 7.54. The number of methoxy groups -OCH3 is 2. The van der Waals surface area contributed by atoms with E-state index in [1.165, 1.54) is 11.1 Å². The van der Waals surface area contributed by atoms with Crippen molar-refractivity contribution >= 4 is 11.6 Å². The minimum Gasteiger partial charge on any atom is -0.493 e. The Bertz CT molecular complexity index is 776. The fourth-order valence-corrected chi connectivity index (χ4v) is 3.86. The molecule has 0 saturated heterocycles. The lowest BCUT2D eigenvalue weighted by molar-refractivity contribution is 0.329. The van der Waals surface area contributed by atoms with Gasteiger partial charge in [0.25, 0.3) is 0 Å². The molecule has 0 bridgehead atoms. The van der Waals surface area contributed by atoms with Gasteiger partial charge < -0.3 is 19.5 Å². The lowest BCUT2D eigenvalue weighted by atomic mass is 9.88. The van der Waals surface area contributed by atoms with Gasteiger partial charge in [0.1, 0.15) is 5.75 Å². The van der Waals surface area contributed by atoms with Crippen LogP contribution in [0.3, 0.4) is 0 Å². The van der Waals surface area contributed by atoms with Gasteiger partial charge >= 0.3 is 0 Å². The van der Waals surface area contributed by atoms with Crippen molar-refractivity contribution in [3.8, 4) is 17.2 Å². The Morgan fingerprint density at radius 1 is 1.12 bits per heavy atom. The van der Waals surface area contributed by atoms with Crippen molar-refractivity contribution in [3.63, 3.8) is 0 Å². The molecule has 0 amide bonds. The van der Waals surface area contributed by atoms with Gasteiger partial charge in [0.05, 0.1) is 26.9 Å². The zero-order chi connectivity index (χ0) is 18.0. The van der Waals surface area contributed by atoms with Crippen LogP contribution >= 0.6 is 11.6 Å². The molecule has 1 atom stereocenters. The lowest BCUT2D eigenvalue weighted by Crippen LogP contribution is -2.31. The van der Waals surface area contributed by atoms with Gasteiger partial charge in [-0.3, -0.25) is 0 Å². The fourth-order valence-electron chi connectivity index (χ4n) is 3.58. The number of ether oxygens (including phenoxy) is 3. The van der Waals surface area contributed by atoms with Gasteiger partial charge in [-0.15, -0.1) is 0 Å². The molecule has 1 aliphatic rings. The zero-order valence-corrected chi connectivity index (χ0v) is 15.9. The average molecular weight is 362 g/mol. The molecule has 1 aliphatic heterocycles. The Kier molecular flexibility index (Phi) is 5.40. The first-order valence-corrected chi connectivity index (χ1v) is 8.88. The van der Waals surface area contributed by atoms with Crippen molar-refractivity contribution in [2.24, 2.45) is 0 Å². The maximum Gasteiger partial charge on any atom is 0.164 e. The predicted molar refractivity (Wildman–Crippen MR) is 100 cm³/mol. The Hall–Kier alpha value is -1.91. The lowest BCUT2D eigenvalue weighted by Gasteiger charge is -2.31. The molecule has 1 unspecified atom stereocenters. The molecule has 2 aromatic carbocycles. The second-order valence-electron chi connectivity index (χ2n) is 6.08. The van der Waals surface area contributed by atoms with Crippen molar-refractivity contribution in [2.75, 3.05) is 27.4 Å². The number of hydrogen-bond donors (Lipinski definition) is 1. The summed E-state index contributed by atoms with van der Waals surface area (Å²) in [5, 5.41) is 4.31. The third kappa shape index (κ3) is 3.29. The van der Waals surface area contributed by atoms with E-state index >= 15 is 0 Å². The minimum absolute atomic E-state index is 0.00232. The van der Waals surface area contributed by atoms with Gasteiger partial charge in [0.15, 0.2) is 11.5 Å². The van der Waals surface area contributed by atoms with Crippen LogP contribution in [-0.4, -0.2) is 27.4 Å². The summed E-state index contributed by atoms with van der Waals surface area (Å²) in [6.07, 6.45) is 0.885. The number of fused-ring (bicyclic) bond motifs is 1. The second-order valence-corrected chi connectivity index (χ2v) is 6.52. The first-order chi connectivity index (χ1) is 12.1. The SMILES string of the molecule is CCOc1c(C)cc(Cl)cc1C1NCCc2c1ccc(OC)c2OC.